The van der Waals surface area contributed by atoms with Gasteiger partial charge in [-0.05, 0) is 59.7 Å². The van der Waals surface area contributed by atoms with Crippen molar-refractivity contribution in [3.05, 3.63) is 101 Å². The number of furan rings is 1. The van der Waals surface area contributed by atoms with Gasteiger partial charge in [0.05, 0.1) is 31.7 Å². The van der Waals surface area contributed by atoms with Crippen LogP contribution >= 0.6 is 11.6 Å². The lowest BCUT2D eigenvalue weighted by Crippen LogP contribution is -2.30. The minimum Gasteiger partial charge on any atom is -0.496 e. The van der Waals surface area contributed by atoms with Gasteiger partial charge in [0.1, 0.15) is 23.3 Å². The quantitative estimate of drug-likeness (QED) is 0.209. The number of ether oxygens (including phenoxy) is 4. The number of amides is 1. The number of halogens is 1. The molecule has 1 aliphatic heterocycles. The molecule has 0 fully saturated rings. The van der Waals surface area contributed by atoms with Crippen molar-refractivity contribution in [2.24, 2.45) is 0 Å². The summed E-state index contributed by atoms with van der Waals surface area (Å²) < 4.78 is 27.5. The van der Waals surface area contributed by atoms with Crippen LogP contribution in [0.25, 0.3) is 22.2 Å². The van der Waals surface area contributed by atoms with Crippen LogP contribution < -0.4 is 18.9 Å². The number of benzene rings is 3. The summed E-state index contributed by atoms with van der Waals surface area (Å²) in [7, 11) is 3.22. The van der Waals surface area contributed by atoms with Gasteiger partial charge in [0.2, 0.25) is 6.79 Å². The van der Waals surface area contributed by atoms with Gasteiger partial charge in [-0.1, -0.05) is 29.8 Å². The zero-order valence-corrected chi connectivity index (χ0v) is 22.6. The molecule has 0 unspecified atom stereocenters. The Labute approximate surface area is 235 Å². The Morgan fingerprint density at radius 3 is 2.55 bits per heavy atom. The molecular formula is C31H25ClN2O6. The molecule has 6 rings (SSSR count). The second kappa shape index (κ2) is 10.8. The normalized spacial score (nSPS) is 12.0. The number of hydrogen-bond acceptors (Lipinski definition) is 7. The molecule has 1 amide bonds. The molecule has 0 radical (unpaired) electrons. The Bertz CT molecular complexity index is 1700. The summed E-state index contributed by atoms with van der Waals surface area (Å²) in [5.41, 5.74) is 4.27. The predicted molar refractivity (Wildman–Crippen MR) is 150 cm³/mol. The molecule has 2 aromatic heterocycles. The summed E-state index contributed by atoms with van der Waals surface area (Å²) in [5.74, 6) is 2.39. The van der Waals surface area contributed by atoms with Crippen molar-refractivity contribution in [2.75, 3.05) is 21.0 Å². The van der Waals surface area contributed by atoms with Gasteiger partial charge in [-0.2, -0.15) is 0 Å². The fourth-order valence-corrected chi connectivity index (χ4v) is 5.02. The number of hydrogen-bond donors (Lipinski definition) is 0. The number of carbonyl (C=O) groups excluding carboxylic acids is 1. The van der Waals surface area contributed by atoms with Gasteiger partial charge >= 0.3 is 0 Å². The van der Waals surface area contributed by atoms with E-state index < -0.39 is 0 Å². The van der Waals surface area contributed by atoms with Crippen LogP contribution in [0.5, 0.6) is 23.0 Å². The van der Waals surface area contributed by atoms with E-state index in [4.69, 9.17) is 39.9 Å². The molecule has 5 aromatic rings. The lowest BCUT2D eigenvalue weighted by molar-refractivity contribution is 0.0729. The van der Waals surface area contributed by atoms with Gasteiger partial charge in [-0.25, -0.2) is 4.98 Å². The van der Waals surface area contributed by atoms with Crippen molar-refractivity contribution in [2.45, 2.75) is 13.1 Å². The first-order valence-electron chi connectivity index (χ1n) is 12.5. The van der Waals surface area contributed by atoms with E-state index in [0.717, 1.165) is 22.1 Å². The largest absolute Gasteiger partial charge is 0.496 e. The number of aromatic nitrogens is 1. The SMILES string of the molecule is COc1ccc(OC)c2nc(-c3cccc(Cl)c3)c(CN(Cc3ccc4c(c3)OCO4)C(=O)c3ccoc3)cc12. The summed E-state index contributed by atoms with van der Waals surface area (Å²) in [4.78, 5) is 20.5. The number of pyridine rings is 1. The monoisotopic (exact) mass is 556 g/mol. The lowest BCUT2D eigenvalue weighted by Gasteiger charge is -2.24. The fourth-order valence-electron chi connectivity index (χ4n) is 4.83. The molecule has 0 N–H and O–H groups in total. The second-order valence-electron chi connectivity index (χ2n) is 9.23. The van der Waals surface area contributed by atoms with Gasteiger partial charge in [0, 0.05) is 29.1 Å². The molecular weight excluding hydrogens is 532 g/mol. The van der Waals surface area contributed by atoms with Crippen molar-refractivity contribution < 1.29 is 28.2 Å². The summed E-state index contributed by atoms with van der Waals surface area (Å²) in [5, 5.41) is 1.34. The highest BCUT2D eigenvalue weighted by atomic mass is 35.5. The van der Waals surface area contributed by atoms with Crippen molar-refractivity contribution >= 4 is 28.4 Å². The maximum atomic E-state index is 13.8. The molecule has 40 heavy (non-hydrogen) atoms. The van der Waals surface area contributed by atoms with Gasteiger partial charge in [0.15, 0.2) is 11.5 Å². The summed E-state index contributed by atoms with van der Waals surface area (Å²) in [6, 6.07) is 20.5. The Balaban J connectivity index is 1.49. The number of nitrogens with zero attached hydrogens (tertiary/aromatic N) is 2. The zero-order valence-electron chi connectivity index (χ0n) is 21.8. The molecule has 202 valence electrons. The zero-order chi connectivity index (χ0) is 27.6. The van der Waals surface area contributed by atoms with Crippen molar-refractivity contribution in [1.29, 1.82) is 0 Å². The van der Waals surface area contributed by atoms with E-state index in [-0.39, 0.29) is 19.2 Å². The fraction of sp³-hybridized carbons (Fsp3) is 0.161. The molecule has 3 heterocycles. The third kappa shape index (κ3) is 4.89. The predicted octanol–water partition coefficient (Wildman–Crippen LogP) is 6.74. The minimum atomic E-state index is -0.193. The van der Waals surface area contributed by atoms with E-state index >= 15 is 0 Å². The highest BCUT2D eigenvalue weighted by Gasteiger charge is 2.23. The number of methoxy groups -OCH3 is 2. The smallest absolute Gasteiger partial charge is 0.257 e. The lowest BCUT2D eigenvalue weighted by atomic mass is 10.0. The second-order valence-corrected chi connectivity index (χ2v) is 9.67. The molecule has 0 atom stereocenters. The number of carbonyl (C=O) groups is 1. The van der Waals surface area contributed by atoms with Gasteiger partial charge < -0.3 is 28.3 Å². The van der Waals surface area contributed by atoms with Crippen LogP contribution in [-0.2, 0) is 13.1 Å². The molecule has 0 saturated heterocycles. The first-order chi connectivity index (χ1) is 19.5. The van der Waals surface area contributed by atoms with Crippen LogP contribution in [0.1, 0.15) is 21.5 Å². The third-order valence-electron chi connectivity index (χ3n) is 6.75. The van der Waals surface area contributed by atoms with E-state index in [1.54, 1.807) is 25.2 Å². The Morgan fingerprint density at radius 2 is 1.77 bits per heavy atom. The standard InChI is InChI=1S/C31H25ClN2O6/c1-36-25-8-9-27(37-2)30-24(25)14-22(29(33-30)20-4-3-5-23(32)13-20)16-34(31(35)21-10-11-38-17-21)15-19-6-7-26-28(12-19)40-18-39-26/h3-14,17H,15-16,18H2,1-2H3. The van der Waals surface area contributed by atoms with Crippen molar-refractivity contribution in [3.63, 3.8) is 0 Å². The van der Waals surface area contributed by atoms with Crippen LogP contribution in [0.15, 0.2) is 83.7 Å². The topological polar surface area (TPSA) is 83.3 Å². The molecule has 0 spiro atoms. The maximum absolute atomic E-state index is 13.8. The molecule has 0 aliphatic carbocycles. The van der Waals surface area contributed by atoms with Crippen LogP contribution in [0.2, 0.25) is 5.02 Å². The average molecular weight is 557 g/mol. The summed E-state index contributed by atoms with van der Waals surface area (Å²) >= 11 is 6.38. The van der Waals surface area contributed by atoms with Crippen LogP contribution in [0.3, 0.4) is 0 Å². The Kier molecular flexibility index (Phi) is 6.92. The third-order valence-corrected chi connectivity index (χ3v) is 6.99. The van der Waals surface area contributed by atoms with E-state index in [2.05, 4.69) is 0 Å². The molecule has 0 saturated carbocycles. The van der Waals surface area contributed by atoms with Crippen molar-refractivity contribution in [1.82, 2.24) is 9.88 Å². The van der Waals surface area contributed by atoms with Gasteiger partial charge in [0.25, 0.3) is 5.91 Å². The molecule has 9 heteroatoms. The Morgan fingerprint density at radius 1 is 0.950 bits per heavy atom. The van der Waals surface area contributed by atoms with Crippen LogP contribution in [0, 0.1) is 0 Å². The molecule has 8 nitrogen and oxygen atoms in total. The molecule has 0 bridgehead atoms. The highest BCUT2D eigenvalue weighted by molar-refractivity contribution is 6.30. The van der Waals surface area contributed by atoms with E-state index in [9.17, 15) is 4.79 Å². The van der Waals surface area contributed by atoms with E-state index in [1.807, 2.05) is 60.7 Å². The number of fused-ring (bicyclic) bond motifs is 2. The average Bonchev–Trinajstić information content (AvgIpc) is 3.68. The first kappa shape index (κ1) is 25.6. The number of rotatable bonds is 8. The summed E-state index contributed by atoms with van der Waals surface area (Å²) in [6.45, 7) is 0.722. The minimum absolute atomic E-state index is 0.174. The van der Waals surface area contributed by atoms with E-state index in [0.29, 0.717) is 51.3 Å². The molecule has 1 aliphatic rings. The summed E-state index contributed by atoms with van der Waals surface area (Å²) in [6.07, 6.45) is 2.93. The van der Waals surface area contributed by atoms with Crippen molar-refractivity contribution in [3.8, 4) is 34.3 Å². The van der Waals surface area contributed by atoms with Gasteiger partial charge in [-0.15, -0.1) is 0 Å². The first-order valence-corrected chi connectivity index (χ1v) is 12.9. The van der Waals surface area contributed by atoms with Crippen LogP contribution in [0.4, 0.5) is 0 Å². The molecule has 3 aromatic carbocycles. The highest BCUT2D eigenvalue weighted by Crippen LogP contribution is 2.37. The van der Waals surface area contributed by atoms with Gasteiger partial charge in [-0.3, -0.25) is 4.79 Å². The maximum Gasteiger partial charge on any atom is 0.257 e. The Hall–Kier alpha value is -4.69. The van der Waals surface area contributed by atoms with Crippen LogP contribution in [-0.4, -0.2) is 36.8 Å². The van der Waals surface area contributed by atoms with E-state index in [1.165, 1.54) is 12.5 Å².